The Morgan fingerprint density at radius 2 is 2.00 bits per heavy atom. The van der Waals surface area contributed by atoms with E-state index >= 15 is 0 Å². The highest BCUT2D eigenvalue weighted by Crippen LogP contribution is 2.26. The van der Waals surface area contributed by atoms with Crippen LogP contribution in [0.4, 0.5) is 0 Å². The van der Waals surface area contributed by atoms with Crippen molar-refractivity contribution in [2.75, 3.05) is 26.2 Å². The second-order valence-corrected chi connectivity index (χ2v) is 7.83. The van der Waals surface area contributed by atoms with Crippen LogP contribution in [0.15, 0.2) is 12.3 Å². The standard InChI is InChI=1S/C19H29N7O/c1-15-7-8-20-26(15)14-18(27)25-11-5-6-16(12-25)19-22-21-17(23(19)2)13-24-9-3-4-10-24/h7-8,16H,3-6,9-14H2,1-2H3. The summed E-state index contributed by atoms with van der Waals surface area (Å²) in [4.78, 5) is 17.1. The summed E-state index contributed by atoms with van der Waals surface area (Å²) in [5, 5.41) is 13.2. The molecule has 0 aliphatic carbocycles. The molecule has 2 aliphatic heterocycles. The summed E-state index contributed by atoms with van der Waals surface area (Å²) in [5.41, 5.74) is 1.01. The fourth-order valence-corrected chi connectivity index (χ4v) is 4.22. The molecule has 1 unspecified atom stereocenters. The molecular formula is C19H29N7O. The number of likely N-dealkylation sites (tertiary alicyclic amines) is 2. The summed E-state index contributed by atoms with van der Waals surface area (Å²) in [7, 11) is 2.06. The maximum atomic E-state index is 12.7. The number of carbonyl (C=O) groups excluding carboxylic acids is 1. The molecule has 8 heteroatoms. The number of nitrogens with zero attached hydrogens (tertiary/aromatic N) is 7. The molecule has 2 fully saturated rings. The van der Waals surface area contributed by atoms with Crippen molar-refractivity contribution in [3.8, 4) is 0 Å². The lowest BCUT2D eigenvalue weighted by Gasteiger charge is -2.32. The maximum Gasteiger partial charge on any atom is 0.244 e. The zero-order valence-electron chi connectivity index (χ0n) is 16.3. The zero-order chi connectivity index (χ0) is 18.8. The average Bonchev–Trinajstić information content (AvgIpc) is 3.40. The first-order valence-electron chi connectivity index (χ1n) is 9.98. The molecule has 8 nitrogen and oxygen atoms in total. The van der Waals surface area contributed by atoms with E-state index in [-0.39, 0.29) is 11.8 Å². The van der Waals surface area contributed by atoms with Crippen LogP contribution in [0.3, 0.4) is 0 Å². The molecular weight excluding hydrogens is 342 g/mol. The first-order chi connectivity index (χ1) is 13.1. The smallest absolute Gasteiger partial charge is 0.244 e. The molecule has 0 bridgehead atoms. The third kappa shape index (κ3) is 3.90. The minimum Gasteiger partial charge on any atom is -0.340 e. The van der Waals surface area contributed by atoms with Crippen molar-refractivity contribution in [1.82, 2.24) is 34.3 Å². The number of carbonyl (C=O) groups is 1. The van der Waals surface area contributed by atoms with Crippen molar-refractivity contribution in [1.29, 1.82) is 0 Å². The average molecular weight is 371 g/mol. The van der Waals surface area contributed by atoms with E-state index in [1.165, 1.54) is 12.8 Å². The fraction of sp³-hybridized carbons (Fsp3) is 0.684. The lowest BCUT2D eigenvalue weighted by atomic mass is 9.97. The number of aromatic nitrogens is 5. The Labute approximate surface area is 160 Å². The monoisotopic (exact) mass is 371 g/mol. The maximum absolute atomic E-state index is 12.7. The third-order valence-corrected chi connectivity index (χ3v) is 5.92. The van der Waals surface area contributed by atoms with E-state index in [1.54, 1.807) is 10.9 Å². The molecule has 4 rings (SSSR count). The van der Waals surface area contributed by atoms with Crippen LogP contribution in [0.1, 0.15) is 48.9 Å². The highest BCUT2D eigenvalue weighted by Gasteiger charge is 2.29. The number of amides is 1. The summed E-state index contributed by atoms with van der Waals surface area (Å²) in [6, 6.07) is 1.92. The van der Waals surface area contributed by atoms with Crippen molar-refractivity contribution >= 4 is 5.91 Å². The molecule has 146 valence electrons. The van der Waals surface area contributed by atoms with Gasteiger partial charge in [-0.3, -0.25) is 14.4 Å². The fourth-order valence-electron chi connectivity index (χ4n) is 4.22. The van der Waals surface area contributed by atoms with Gasteiger partial charge in [-0.05, 0) is 51.8 Å². The summed E-state index contributed by atoms with van der Waals surface area (Å²) >= 11 is 0. The van der Waals surface area contributed by atoms with E-state index in [1.807, 2.05) is 17.9 Å². The molecule has 0 spiro atoms. The molecule has 27 heavy (non-hydrogen) atoms. The molecule has 4 heterocycles. The minimum absolute atomic E-state index is 0.131. The second kappa shape index (κ2) is 7.80. The minimum atomic E-state index is 0.131. The van der Waals surface area contributed by atoms with Gasteiger partial charge in [0.15, 0.2) is 0 Å². The number of piperidine rings is 1. The number of rotatable bonds is 5. The van der Waals surface area contributed by atoms with Gasteiger partial charge < -0.3 is 9.47 Å². The lowest BCUT2D eigenvalue weighted by Crippen LogP contribution is -2.41. The summed E-state index contributed by atoms with van der Waals surface area (Å²) in [5.74, 6) is 2.43. The summed E-state index contributed by atoms with van der Waals surface area (Å²) in [6.07, 6.45) is 6.35. The highest BCUT2D eigenvalue weighted by molar-refractivity contribution is 5.76. The molecule has 2 aliphatic rings. The topological polar surface area (TPSA) is 72.1 Å². The molecule has 2 aromatic rings. The van der Waals surface area contributed by atoms with Crippen LogP contribution < -0.4 is 0 Å². The van der Waals surface area contributed by atoms with E-state index in [9.17, 15) is 4.79 Å². The molecule has 0 radical (unpaired) electrons. The van der Waals surface area contributed by atoms with Gasteiger partial charge in [0, 0.05) is 37.9 Å². The molecule has 0 N–H and O–H groups in total. The summed E-state index contributed by atoms with van der Waals surface area (Å²) < 4.78 is 3.91. The van der Waals surface area contributed by atoms with E-state index in [0.29, 0.717) is 6.54 Å². The van der Waals surface area contributed by atoms with Gasteiger partial charge in [-0.2, -0.15) is 5.10 Å². The first kappa shape index (κ1) is 18.2. The van der Waals surface area contributed by atoms with Crippen molar-refractivity contribution in [2.45, 2.75) is 51.6 Å². The molecule has 0 saturated carbocycles. The second-order valence-electron chi connectivity index (χ2n) is 7.83. The van der Waals surface area contributed by atoms with Crippen molar-refractivity contribution < 1.29 is 4.79 Å². The van der Waals surface area contributed by atoms with Crippen LogP contribution in [0, 0.1) is 6.92 Å². The Hall–Kier alpha value is -2.22. The number of hydrogen-bond acceptors (Lipinski definition) is 5. The predicted molar refractivity (Wildman–Crippen MR) is 101 cm³/mol. The van der Waals surface area contributed by atoms with Crippen LogP contribution in [-0.2, 0) is 24.9 Å². The van der Waals surface area contributed by atoms with Crippen LogP contribution >= 0.6 is 0 Å². The van der Waals surface area contributed by atoms with Gasteiger partial charge in [0.2, 0.25) is 5.91 Å². The lowest BCUT2D eigenvalue weighted by molar-refractivity contribution is -0.133. The predicted octanol–water partition coefficient (Wildman–Crippen LogP) is 1.32. The largest absolute Gasteiger partial charge is 0.340 e. The normalized spacial score (nSPS) is 21.1. The van der Waals surface area contributed by atoms with Gasteiger partial charge in [-0.15, -0.1) is 10.2 Å². The Morgan fingerprint density at radius 1 is 1.19 bits per heavy atom. The van der Waals surface area contributed by atoms with Gasteiger partial charge in [0.1, 0.15) is 18.2 Å². The third-order valence-electron chi connectivity index (χ3n) is 5.92. The SMILES string of the molecule is Cc1ccnn1CC(=O)N1CCCC(c2nnc(CN3CCCC3)n2C)C1. The van der Waals surface area contributed by atoms with Crippen molar-refractivity contribution in [3.05, 3.63) is 29.6 Å². The van der Waals surface area contributed by atoms with Crippen LogP contribution in [-0.4, -0.2) is 66.4 Å². The molecule has 2 aromatic heterocycles. The molecule has 0 aromatic carbocycles. The molecule has 1 amide bonds. The van der Waals surface area contributed by atoms with E-state index in [4.69, 9.17) is 0 Å². The Bertz CT molecular complexity index is 790. The Morgan fingerprint density at radius 3 is 2.74 bits per heavy atom. The molecule has 1 atom stereocenters. The van der Waals surface area contributed by atoms with E-state index < -0.39 is 0 Å². The first-order valence-corrected chi connectivity index (χ1v) is 9.98. The van der Waals surface area contributed by atoms with Crippen LogP contribution in [0.2, 0.25) is 0 Å². The number of hydrogen-bond donors (Lipinski definition) is 0. The van der Waals surface area contributed by atoms with E-state index in [2.05, 4.69) is 31.8 Å². The van der Waals surface area contributed by atoms with Crippen LogP contribution in [0.25, 0.3) is 0 Å². The number of aryl methyl sites for hydroxylation is 1. The zero-order valence-corrected chi connectivity index (χ0v) is 16.3. The van der Waals surface area contributed by atoms with Gasteiger partial charge in [0.05, 0.1) is 6.54 Å². The quantitative estimate of drug-likeness (QED) is 0.793. The van der Waals surface area contributed by atoms with Crippen molar-refractivity contribution in [3.63, 3.8) is 0 Å². The van der Waals surface area contributed by atoms with Gasteiger partial charge >= 0.3 is 0 Å². The van der Waals surface area contributed by atoms with Gasteiger partial charge in [-0.25, -0.2) is 0 Å². The molecule has 2 saturated heterocycles. The van der Waals surface area contributed by atoms with Crippen LogP contribution in [0.5, 0.6) is 0 Å². The van der Waals surface area contributed by atoms with Gasteiger partial charge in [-0.1, -0.05) is 0 Å². The highest BCUT2D eigenvalue weighted by atomic mass is 16.2. The van der Waals surface area contributed by atoms with E-state index in [0.717, 1.165) is 62.9 Å². The Kier molecular flexibility index (Phi) is 5.24. The summed E-state index contributed by atoms with van der Waals surface area (Å²) in [6.45, 7) is 6.99. The Balaban J connectivity index is 1.41. The van der Waals surface area contributed by atoms with Gasteiger partial charge in [0.25, 0.3) is 0 Å². The van der Waals surface area contributed by atoms with Crippen molar-refractivity contribution in [2.24, 2.45) is 7.05 Å².